The highest BCUT2D eigenvalue weighted by Gasteiger charge is 2.68. The van der Waals surface area contributed by atoms with Crippen molar-refractivity contribution >= 4 is 60.1 Å². The summed E-state index contributed by atoms with van der Waals surface area (Å²) in [6.45, 7) is 1.06. The Kier molecular flexibility index (Phi) is 14.6. The fraction of sp³-hybridized carbons (Fsp3) is 0.457. The van der Waals surface area contributed by atoms with Gasteiger partial charge in [0, 0.05) is 61.1 Å². The van der Waals surface area contributed by atoms with Crippen LogP contribution in [0.5, 0.6) is 0 Å². The van der Waals surface area contributed by atoms with Crippen LogP contribution in [-0.2, 0) is 61.0 Å². The molecular formula is C46H44ClF10N9O7S2. The van der Waals surface area contributed by atoms with Gasteiger partial charge in [-0.1, -0.05) is 23.6 Å². The van der Waals surface area contributed by atoms with Crippen molar-refractivity contribution in [1.29, 1.82) is 0 Å². The van der Waals surface area contributed by atoms with Crippen LogP contribution in [0.25, 0.3) is 22.0 Å². The summed E-state index contributed by atoms with van der Waals surface area (Å²) in [7, 11) is -8.67. The number of sulfonamides is 1. The molecule has 1 saturated heterocycles. The Balaban J connectivity index is 1.32. The minimum absolute atomic E-state index is 0.114. The molecule has 0 spiro atoms. The summed E-state index contributed by atoms with van der Waals surface area (Å²) in [5, 5.41) is 11.3. The second-order valence-electron chi connectivity index (χ2n) is 18.7. The van der Waals surface area contributed by atoms with Gasteiger partial charge in [-0.15, -0.1) is 0 Å². The van der Waals surface area contributed by atoms with Gasteiger partial charge in [0.15, 0.2) is 21.3 Å². The zero-order chi connectivity index (χ0) is 55.0. The van der Waals surface area contributed by atoms with Gasteiger partial charge in [0.2, 0.25) is 15.9 Å². The van der Waals surface area contributed by atoms with E-state index in [-0.39, 0.29) is 50.9 Å². The van der Waals surface area contributed by atoms with Crippen molar-refractivity contribution in [2.45, 2.75) is 74.8 Å². The third kappa shape index (κ3) is 11.6. The van der Waals surface area contributed by atoms with Crippen LogP contribution in [-0.4, -0.2) is 121 Å². The molecule has 29 heteroatoms. The standard InChI is InChI=1S/C46H44ClF10N9O7S2/c1-43(2,74(3,69)70)10-9-27-5-6-28(29-7-8-32(47)36-38(29)65(23-44(50,51)52)62-41(36)66(75(4,71)72)42(68)58-11-12-63-13-15-73-16-14-63)37(59-27)33(19-24-17-25(48)20-26(49)18-24)60-34(67)22-64-40-35(39(61-64)46(55,56)57)30-21-31(30)45(40,53)54/h5-8,17-18,20,30-31,33H,11-16,19,21-23H2,1-4H3,(H,58,68)(H,60,67)/t30-,31+,33-/m0/s1. The zero-order valence-electron chi connectivity index (χ0n) is 39.8. The third-order valence-electron chi connectivity index (χ3n) is 12.8. The predicted molar refractivity (Wildman–Crippen MR) is 251 cm³/mol. The van der Waals surface area contributed by atoms with Crippen LogP contribution in [0.2, 0.25) is 5.02 Å². The second kappa shape index (κ2) is 19.8. The summed E-state index contributed by atoms with van der Waals surface area (Å²) < 4.78 is 204. The summed E-state index contributed by atoms with van der Waals surface area (Å²) in [5.74, 6) is -5.88. The Bertz CT molecular complexity index is 3390. The molecule has 3 aliphatic rings. The molecule has 3 aromatic heterocycles. The molecule has 0 bridgehead atoms. The number of carbonyl (C=O) groups is 2. The number of alkyl halides is 8. The van der Waals surface area contributed by atoms with E-state index in [1.54, 1.807) is 0 Å². The van der Waals surface area contributed by atoms with E-state index in [4.69, 9.17) is 16.3 Å². The molecule has 4 heterocycles. The monoisotopic (exact) mass is 1120 g/mol. The number of hydrogen-bond acceptors (Lipinski definition) is 11. The Morgan fingerprint density at radius 1 is 0.947 bits per heavy atom. The largest absolute Gasteiger partial charge is 0.435 e. The minimum Gasteiger partial charge on any atom is -0.379 e. The normalized spacial score (nSPS) is 18.2. The second-order valence-corrected chi connectivity index (χ2v) is 23.5. The molecule has 0 unspecified atom stereocenters. The fourth-order valence-corrected chi connectivity index (χ4v) is 10.3. The summed E-state index contributed by atoms with van der Waals surface area (Å²) in [5.41, 5.74) is -5.74. The smallest absolute Gasteiger partial charge is 0.379 e. The molecule has 2 aromatic carbocycles. The average molecular weight is 1120 g/mol. The number of urea groups is 1. The number of fused-ring (bicyclic) bond motifs is 4. The number of ether oxygens (including phenoxy) is 1. The highest BCUT2D eigenvalue weighted by atomic mass is 35.5. The number of sulfone groups is 1. The quantitative estimate of drug-likeness (QED) is 0.0853. The number of halogens is 11. The number of anilines is 1. The number of pyridine rings is 1. The van der Waals surface area contributed by atoms with Crippen LogP contribution in [0.3, 0.4) is 0 Å². The topological polar surface area (TPSA) is 191 Å². The average Bonchev–Trinajstić information content (AvgIpc) is 3.80. The van der Waals surface area contributed by atoms with E-state index in [0.29, 0.717) is 43.3 Å². The highest BCUT2D eigenvalue weighted by Crippen LogP contribution is 2.68. The summed E-state index contributed by atoms with van der Waals surface area (Å²) in [6.07, 6.45) is -9.83. The van der Waals surface area contributed by atoms with E-state index in [1.807, 2.05) is 4.90 Å². The van der Waals surface area contributed by atoms with Crippen LogP contribution in [0.15, 0.2) is 42.5 Å². The first kappa shape index (κ1) is 55.2. The first-order valence-electron chi connectivity index (χ1n) is 22.6. The maximum atomic E-state index is 15.6. The van der Waals surface area contributed by atoms with Crippen molar-refractivity contribution in [2.24, 2.45) is 5.92 Å². The Hall–Kier alpha value is -6.02. The third-order valence-corrected chi connectivity index (χ3v) is 16.1. The summed E-state index contributed by atoms with van der Waals surface area (Å²) in [4.78, 5) is 34.5. The lowest BCUT2D eigenvalue weighted by molar-refractivity contribution is -0.143. The van der Waals surface area contributed by atoms with Gasteiger partial charge in [0.1, 0.15) is 40.9 Å². The first-order valence-corrected chi connectivity index (χ1v) is 26.8. The fourth-order valence-electron chi connectivity index (χ4n) is 9.02. The number of rotatable bonds is 14. The van der Waals surface area contributed by atoms with Gasteiger partial charge in [-0.25, -0.2) is 35.4 Å². The Labute approximate surface area is 426 Å². The molecule has 2 N–H and O–H groups in total. The summed E-state index contributed by atoms with van der Waals surface area (Å²) >= 11 is 6.69. The van der Waals surface area contributed by atoms with Crippen molar-refractivity contribution in [3.63, 3.8) is 0 Å². The lowest BCUT2D eigenvalue weighted by Gasteiger charge is -2.27. The molecule has 16 nitrogen and oxygen atoms in total. The molecule has 404 valence electrons. The maximum absolute atomic E-state index is 15.6. The van der Waals surface area contributed by atoms with Crippen LogP contribution in [0, 0.1) is 29.4 Å². The molecular weight excluding hydrogens is 1080 g/mol. The number of aromatic nitrogens is 5. The number of carbonyl (C=O) groups excluding carboxylic acids is 2. The van der Waals surface area contributed by atoms with E-state index in [0.717, 1.165) is 30.5 Å². The Morgan fingerprint density at radius 2 is 1.60 bits per heavy atom. The van der Waals surface area contributed by atoms with Crippen LogP contribution < -0.4 is 14.9 Å². The van der Waals surface area contributed by atoms with Crippen LogP contribution in [0.1, 0.15) is 66.1 Å². The SMILES string of the molecule is CC(C)(C#Cc1ccc(-c2ccc(Cl)c3c(N(C(=O)NCCN4CCOCC4)S(C)(=O)=O)nn(CC(F)(F)F)c23)c([C@H](Cc2cc(F)cc(F)c2)NC(=O)Cn2nc(C(F)(F)F)c3c2C(F)(F)[C@@H]2C[C@H]32)n1)S(C)(=O)=O. The van der Waals surface area contributed by atoms with E-state index >= 15 is 8.78 Å². The van der Waals surface area contributed by atoms with Crippen molar-refractivity contribution in [2.75, 3.05) is 56.2 Å². The number of nitrogens with one attached hydrogen (secondary N) is 2. The minimum atomic E-state index is -5.22. The van der Waals surface area contributed by atoms with Crippen LogP contribution >= 0.6 is 11.6 Å². The zero-order valence-corrected chi connectivity index (χ0v) is 42.2. The molecule has 1 saturated carbocycles. The molecule has 0 radical (unpaired) electrons. The van der Waals surface area contributed by atoms with Crippen molar-refractivity contribution < 1.29 is 75.1 Å². The maximum Gasteiger partial charge on any atom is 0.435 e. The number of hydrogen-bond donors (Lipinski definition) is 2. The number of morpholine rings is 1. The molecule has 5 aromatic rings. The molecule has 2 aliphatic carbocycles. The molecule has 1 aliphatic heterocycles. The summed E-state index contributed by atoms with van der Waals surface area (Å²) in [6, 6.07) is 3.59. The van der Waals surface area contributed by atoms with Gasteiger partial charge in [-0.05, 0) is 74.4 Å². The molecule has 75 heavy (non-hydrogen) atoms. The molecule has 2 fully saturated rings. The van der Waals surface area contributed by atoms with E-state index < -0.39 is 148 Å². The van der Waals surface area contributed by atoms with Gasteiger partial charge in [0.05, 0.1) is 47.1 Å². The lowest BCUT2D eigenvalue weighted by Crippen LogP contribution is -2.47. The van der Waals surface area contributed by atoms with Gasteiger partial charge < -0.3 is 15.4 Å². The van der Waals surface area contributed by atoms with Crippen LogP contribution in [0.4, 0.5) is 54.5 Å². The van der Waals surface area contributed by atoms with E-state index in [2.05, 4.69) is 37.7 Å². The molecule has 3 amide bonds. The van der Waals surface area contributed by atoms with Gasteiger partial charge >= 0.3 is 18.4 Å². The van der Waals surface area contributed by atoms with Gasteiger partial charge in [0.25, 0.3) is 5.92 Å². The van der Waals surface area contributed by atoms with Gasteiger partial charge in [-0.2, -0.15) is 49.6 Å². The van der Waals surface area contributed by atoms with E-state index in [9.17, 15) is 61.5 Å². The van der Waals surface area contributed by atoms with Crippen molar-refractivity contribution in [1.82, 2.24) is 40.1 Å². The Morgan fingerprint density at radius 3 is 2.21 bits per heavy atom. The van der Waals surface area contributed by atoms with Gasteiger partial charge in [-0.3, -0.25) is 19.1 Å². The highest BCUT2D eigenvalue weighted by molar-refractivity contribution is 7.93. The number of nitrogens with zero attached hydrogens (tertiary/aromatic N) is 7. The molecule has 3 atom stereocenters. The lowest BCUT2D eigenvalue weighted by atomic mass is 9.93. The predicted octanol–water partition coefficient (Wildman–Crippen LogP) is 7.10. The van der Waals surface area contributed by atoms with Crippen molar-refractivity contribution in [3.05, 3.63) is 93.0 Å². The van der Waals surface area contributed by atoms with E-state index in [1.165, 1.54) is 26.0 Å². The first-order chi connectivity index (χ1) is 34.7. The number of amides is 3. The number of benzene rings is 2. The van der Waals surface area contributed by atoms with Crippen molar-refractivity contribution in [3.8, 4) is 23.0 Å². The molecule has 8 rings (SSSR count).